The zero-order valence-electron chi connectivity index (χ0n) is 17.3. The van der Waals surface area contributed by atoms with Crippen molar-refractivity contribution in [3.63, 3.8) is 0 Å². The van der Waals surface area contributed by atoms with Crippen molar-refractivity contribution in [3.8, 4) is 0 Å². The summed E-state index contributed by atoms with van der Waals surface area (Å²) in [6, 6.07) is 7.84. The predicted molar refractivity (Wildman–Crippen MR) is 115 cm³/mol. The maximum absolute atomic E-state index is 12.5. The van der Waals surface area contributed by atoms with Gasteiger partial charge in [0.15, 0.2) is 0 Å². The summed E-state index contributed by atoms with van der Waals surface area (Å²) in [6.07, 6.45) is -1.64. The van der Waals surface area contributed by atoms with Gasteiger partial charge in [-0.05, 0) is 12.1 Å². The molecule has 0 saturated carbocycles. The third-order valence-electron chi connectivity index (χ3n) is 5.66. The average Bonchev–Trinajstić information content (AvgIpc) is 3.10. The Morgan fingerprint density at radius 2 is 1.94 bits per heavy atom. The van der Waals surface area contributed by atoms with Gasteiger partial charge in [0.05, 0.1) is 29.6 Å². The number of aromatic amines is 1. The van der Waals surface area contributed by atoms with Crippen LogP contribution < -0.4 is 21.0 Å². The Labute approximate surface area is 182 Å². The van der Waals surface area contributed by atoms with Gasteiger partial charge in [0.2, 0.25) is 0 Å². The maximum Gasteiger partial charge on any atom is 0.469 e. The van der Waals surface area contributed by atoms with Gasteiger partial charge in [-0.2, -0.15) is 0 Å². The van der Waals surface area contributed by atoms with Gasteiger partial charge in [-0.1, -0.05) is 12.1 Å². The lowest BCUT2D eigenvalue weighted by Gasteiger charge is -2.37. The summed E-state index contributed by atoms with van der Waals surface area (Å²) in [6.45, 7) is 1.19. The van der Waals surface area contributed by atoms with Crippen LogP contribution in [0.3, 0.4) is 0 Å². The molecule has 2 aromatic rings. The molecule has 0 bridgehead atoms. The molecule has 0 unspecified atom stereocenters. The molecule has 174 valence electrons. The number of benzene rings is 1. The summed E-state index contributed by atoms with van der Waals surface area (Å²) < 4.78 is 22.1. The highest BCUT2D eigenvalue weighted by molar-refractivity contribution is 7.46. The number of nitrogens with one attached hydrogen (secondary N) is 1. The number of ether oxygens (including phenoxy) is 1. The summed E-state index contributed by atoms with van der Waals surface area (Å²) in [5.41, 5.74) is 1.14. The molecule has 32 heavy (non-hydrogen) atoms. The minimum Gasteiger partial charge on any atom is -0.390 e. The van der Waals surface area contributed by atoms with Crippen molar-refractivity contribution in [1.82, 2.24) is 9.55 Å². The van der Waals surface area contributed by atoms with Crippen molar-refractivity contribution in [2.24, 2.45) is 0 Å². The number of hydrogen-bond acceptors (Lipinski definition) is 8. The smallest absolute Gasteiger partial charge is 0.390 e. The quantitative estimate of drug-likeness (QED) is 0.417. The van der Waals surface area contributed by atoms with Gasteiger partial charge in [0.1, 0.15) is 12.3 Å². The van der Waals surface area contributed by atoms with Crippen LogP contribution >= 0.6 is 7.82 Å². The van der Waals surface area contributed by atoms with Crippen molar-refractivity contribution >= 4 is 19.2 Å². The number of aliphatic hydroxyl groups is 1. The number of fused-ring (bicyclic) bond motifs is 1. The van der Waals surface area contributed by atoms with Crippen LogP contribution in [0, 0.1) is 0 Å². The number of H-pyrrole nitrogens is 1. The molecule has 1 saturated heterocycles. The predicted octanol–water partition coefficient (Wildman–Crippen LogP) is -0.249. The minimum atomic E-state index is -4.73. The van der Waals surface area contributed by atoms with Gasteiger partial charge < -0.3 is 29.4 Å². The van der Waals surface area contributed by atoms with E-state index in [0.717, 1.165) is 17.9 Å². The molecule has 0 amide bonds. The number of aromatic nitrogens is 2. The number of rotatable bonds is 6. The summed E-state index contributed by atoms with van der Waals surface area (Å²) in [7, 11) is -2.73. The number of nitrogens with zero attached hydrogens (tertiary/aromatic N) is 3. The van der Waals surface area contributed by atoms with Gasteiger partial charge in [-0.3, -0.25) is 18.9 Å². The standard InChI is InChI=1S/C19H25N4O8P/c1-21-6-7-22(14-5-3-2-4-13(14)21)9-12-10-23(19(26)20-18(12)25)17-8-15(24)16(31-17)11-30-32(27,28)29/h2-5,10,15-17,24H,6-9,11H2,1H3,(H,20,25,26)(H2,27,28,29)/t15-,16+,17+/m0/s1. The van der Waals surface area contributed by atoms with Crippen LogP contribution in [0.4, 0.5) is 11.4 Å². The van der Waals surface area contributed by atoms with Crippen LogP contribution in [0.15, 0.2) is 40.1 Å². The third-order valence-corrected chi connectivity index (χ3v) is 6.15. The molecule has 3 heterocycles. The van der Waals surface area contributed by atoms with Crippen molar-refractivity contribution in [1.29, 1.82) is 0 Å². The number of anilines is 2. The average molecular weight is 468 g/mol. The lowest BCUT2D eigenvalue weighted by atomic mass is 10.1. The number of para-hydroxylation sites is 2. The zero-order valence-corrected chi connectivity index (χ0v) is 18.2. The second-order valence-corrected chi connectivity index (χ2v) is 9.11. The van der Waals surface area contributed by atoms with Crippen molar-refractivity contribution < 1.29 is 28.7 Å². The maximum atomic E-state index is 12.5. The van der Waals surface area contributed by atoms with Crippen LogP contribution in [-0.4, -0.2) is 63.4 Å². The van der Waals surface area contributed by atoms with E-state index >= 15 is 0 Å². The number of hydrogen-bond donors (Lipinski definition) is 4. The Balaban J connectivity index is 1.56. The molecule has 3 atom stereocenters. The molecule has 0 aliphatic carbocycles. The van der Waals surface area contributed by atoms with Crippen LogP contribution in [0.2, 0.25) is 0 Å². The highest BCUT2D eigenvalue weighted by Gasteiger charge is 2.37. The van der Waals surface area contributed by atoms with Gasteiger partial charge >= 0.3 is 13.5 Å². The second kappa shape index (κ2) is 8.81. The summed E-state index contributed by atoms with van der Waals surface area (Å²) >= 11 is 0. The number of likely N-dealkylation sites (N-methyl/N-ethyl adjacent to an activating group) is 1. The first-order valence-electron chi connectivity index (χ1n) is 10.1. The Morgan fingerprint density at radius 3 is 2.66 bits per heavy atom. The number of phosphoric acid groups is 1. The number of aliphatic hydroxyl groups excluding tert-OH is 1. The van der Waals surface area contributed by atoms with Gasteiger partial charge in [0.25, 0.3) is 5.56 Å². The first kappa shape index (κ1) is 22.7. The number of phosphoric ester groups is 1. The molecule has 2 aliphatic rings. The van der Waals surface area contributed by atoms with E-state index in [9.17, 15) is 19.3 Å². The van der Waals surface area contributed by atoms with E-state index in [1.807, 2.05) is 31.3 Å². The normalized spacial score (nSPS) is 23.4. The third kappa shape index (κ3) is 4.80. The molecule has 13 heteroatoms. The first-order chi connectivity index (χ1) is 15.1. The molecule has 0 radical (unpaired) electrons. The molecule has 0 spiro atoms. The van der Waals surface area contributed by atoms with Gasteiger partial charge in [0, 0.05) is 39.3 Å². The largest absolute Gasteiger partial charge is 0.469 e. The van der Waals surface area contributed by atoms with Crippen LogP contribution in [0.1, 0.15) is 18.2 Å². The monoisotopic (exact) mass is 468 g/mol. The summed E-state index contributed by atoms with van der Waals surface area (Å²) in [4.78, 5) is 49.1. The molecular weight excluding hydrogens is 443 g/mol. The molecular formula is C19H25N4O8P. The fraction of sp³-hybridized carbons (Fsp3) is 0.474. The van der Waals surface area contributed by atoms with Gasteiger partial charge in [-0.15, -0.1) is 0 Å². The molecule has 4 rings (SSSR count). The van der Waals surface area contributed by atoms with Crippen molar-refractivity contribution in [2.45, 2.75) is 31.4 Å². The SMILES string of the molecule is CN1CCN(Cc2cn([C@H]3C[C@H](O)[C@@H](COP(=O)(O)O)O3)c(=O)[nH]c2=O)c2ccccc21. The van der Waals surface area contributed by atoms with E-state index in [1.165, 1.54) is 10.8 Å². The molecule has 12 nitrogen and oxygen atoms in total. The zero-order chi connectivity index (χ0) is 23.0. The molecule has 1 fully saturated rings. The Hall–Kier alpha value is -2.47. The first-order valence-corrected chi connectivity index (χ1v) is 11.6. The van der Waals surface area contributed by atoms with E-state index < -0.39 is 44.1 Å². The Kier molecular flexibility index (Phi) is 6.26. The molecule has 1 aromatic carbocycles. The molecule has 2 aliphatic heterocycles. The van der Waals surface area contributed by atoms with E-state index in [2.05, 4.69) is 19.3 Å². The van der Waals surface area contributed by atoms with Crippen LogP contribution in [0.25, 0.3) is 0 Å². The topological polar surface area (TPSA) is 158 Å². The second-order valence-electron chi connectivity index (χ2n) is 7.87. The molecule has 1 aromatic heterocycles. The summed E-state index contributed by atoms with van der Waals surface area (Å²) in [5, 5.41) is 10.2. The minimum absolute atomic E-state index is 0.00207. The van der Waals surface area contributed by atoms with E-state index in [1.54, 1.807) is 0 Å². The highest BCUT2D eigenvalue weighted by atomic mass is 31.2. The van der Waals surface area contributed by atoms with E-state index in [-0.39, 0.29) is 13.0 Å². The fourth-order valence-electron chi connectivity index (χ4n) is 4.00. The van der Waals surface area contributed by atoms with Crippen LogP contribution in [0.5, 0.6) is 0 Å². The lowest BCUT2D eigenvalue weighted by Crippen LogP contribution is -2.41. The van der Waals surface area contributed by atoms with Gasteiger partial charge in [-0.25, -0.2) is 9.36 Å². The van der Waals surface area contributed by atoms with E-state index in [4.69, 9.17) is 14.5 Å². The lowest BCUT2D eigenvalue weighted by molar-refractivity contribution is -0.0451. The highest BCUT2D eigenvalue weighted by Crippen LogP contribution is 2.38. The van der Waals surface area contributed by atoms with Crippen molar-refractivity contribution in [3.05, 3.63) is 56.9 Å². The molecule has 4 N–H and O–H groups in total. The van der Waals surface area contributed by atoms with Crippen LogP contribution in [-0.2, 0) is 20.4 Å². The Morgan fingerprint density at radius 1 is 1.22 bits per heavy atom. The summed E-state index contributed by atoms with van der Waals surface area (Å²) in [5.74, 6) is 0. The Bertz CT molecular complexity index is 1140. The fourth-order valence-corrected chi connectivity index (χ4v) is 4.34. The van der Waals surface area contributed by atoms with Crippen molar-refractivity contribution in [2.75, 3.05) is 36.5 Å². The van der Waals surface area contributed by atoms with E-state index in [0.29, 0.717) is 12.1 Å².